The molecule has 28 heavy (non-hydrogen) atoms. The van der Waals surface area contributed by atoms with Gasteiger partial charge in [0.05, 0.1) is 17.8 Å². The molecule has 1 fully saturated rings. The molecule has 0 spiro atoms. The third kappa shape index (κ3) is 3.99. The van der Waals surface area contributed by atoms with Crippen LogP contribution in [-0.4, -0.2) is 56.8 Å². The number of carbonyl (C=O) groups excluding carboxylic acids is 1. The van der Waals surface area contributed by atoms with Gasteiger partial charge >= 0.3 is 0 Å². The van der Waals surface area contributed by atoms with Gasteiger partial charge in [-0.15, -0.1) is 0 Å². The molecule has 1 aromatic carbocycles. The minimum Gasteiger partial charge on any atom is -0.361 e. The van der Waals surface area contributed by atoms with Crippen LogP contribution >= 0.6 is 0 Å². The van der Waals surface area contributed by atoms with Crippen molar-refractivity contribution in [3.63, 3.8) is 0 Å². The minimum absolute atomic E-state index is 0.184. The number of aromatic nitrogens is 3. The second-order valence-electron chi connectivity index (χ2n) is 7.25. The van der Waals surface area contributed by atoms with Crippen molar-refractivity contribution in [3.8, 4) is 5.69 Å². The maximum absolute atomic E-state index is 12.7. The first-order valence-electron chi connectivity index (χ1n) is 9.61. The number of carbonyl (C=O) groups is 1. The summed E-state index contributed by atoms with van der Waals surface area (Å²) in [5, 5.41) is 8.24. The van der Waals surface area contributed by atoms with Crippen molar-refractivity contribution in [3.05, 3.63) is 65.3 Å². The number of benzene rings is 1. The molecule has 0 aliphatic carbocycles. The summed E-state index contributed by atoms with van der Waals surface area (Å²) in [5.74, 6) is 1.07. The van der Waals surface area contributed by atoms with Gasteiger partial charge in [-0.2, -0.15) is 5.10 Å². The molecule has 3 aromatic rings. The fourth-order valence-corrected chi connectivity index (χ4v) is 3.58. The molecule has 0 N–H and O–H groups in total. The van der Waals surface area contributed by atoms with Gasteiger partial charge < -0.3 is 9.42 Å². The van der Waals surface area contributed by atoms with Gasteiger partial charge in [0.25, 0.3) is 0 Å². The van der Waals surface area contributed by atoms with E-state index in [4.69, 9.17) is 4.52 Å². The fourth-order valence-electron chi connectivity index (χ4n) is 3.58. The highest BCUT2D eigenvalue weighted by Gasteiger charge is 2.23. The Labute approximate surface area is 164 Å². The normalized spacial score (nSPS) is 15.1. The van der Waals surface area contributed by atoms with Crippen LogP contribution in [0.5, 0.6) is 0 Å². The van der Waals surface area contributed by atoms with Gasteiger partial charge in [0.15, 0.2) is 0 Å². The van der Waals surface area contributed by atoms with Crippen molar-refractivity contribution < 1.29 is 9.32 Å². The smallest absolute Gasteiger partial charge is 0.227 e. The van der Waals surface area contributed by atoms with Gasteiger partial charge in [-0.05, 0) is 37.6 Å². The Balaban J connectivity index is 1.29. The molecule has 4 rings (SSSR count). The SMILES string of the molecule is Cc1noc(C)c1CN1CCN(C(=O)Cc2ccc(-n3cccn3)cc2)CC1. The van der Waals surface area contributed by atoms with E-state index in [-0.39, 0.29) is 5.91 Å². The van der Waals surface area contributed by atoms with E-state index >= 15 is 0 Å². The molecule has 1 aliphatic rings. The van der Waals surface area contributed by atoms with Gasteiger partial charge in [0, 0.05) is 50.7 Å². The summed E-state index contributed by atoms with van der Waals surface area (Å²) < 4.78 is 7.06. The van der Waals surface area contributed by atoms with Crippen LogP contribution in [0, 0.1) is 13.8 Å². The average Bonchev–Trinajstić information content (AvgIpc) is 3.35. The molecular formula is C21H25N5O2. The van der Waals surface area contributed by atoms with Crippen LogP contribution in [0.4, 0.5) is 0 Å². The summed E-state index contributed by atoms with van der Waals surface area (Å²) in [6, 6.07) is 9.89. The van der Waals surface area contributed by atoms with Crippen LogP contribution < -0.4 is 0 Å². The summed E-state index contributed by atoms with van der Waals surface area (Å²) in [6.07, 6.45) is 4.09. The van der Waals surface area contributed by atoms with Gasteiger partial charge in [-0.25, -0.2) is 4.68 Å². The van der Waals surface area contributed by atoms with E-state index in [1.807, 2.05) is 60.0 Å². The lowest BCUT2D eigenvalue weighted by atomic mass is 10.1. The van der Waals surface area contributed by atoms with Crippen LogP contribution in [0.15, 0.2) is 47.2 Å². The molecule has 3 heterocycles. The van der Waals surface area contributed by atoms with Gasteiger partial charge in [-0.3, -0.25) is 9.69 Å². The van der Waals surface area contributed by atoms with Crippen molar-refractivity contribution in [2.45, 2.75) is 26.8 Å². The quantitative estimate of drug-likeness (QED) is 0.681. The lowest BCUT2D eigenvalue weighted by molar-refractivity contribution is -0.132. The first kappa shape index (κ1) is 18.4. The molecular weight excluding hydrogens is 354 g/mol. The Morgan fingerprint density at radius 2 is 1.86 bits per heavy atom. The Kier molecular flexibility index (Phi) is 5.25. The van der Waals surface area contributed by atoms with Crippen molar-refractivity contribution >= 4 is 5.91 Å². The largest absolute Gasteiger partial charge is 0.361 e. The monoisotopic (exact) mass is 379 g/mol. The summed E-state index contributed by atoms with van der Waals surface area (Å²) in [7, 11) is 0. The Morgan fingerprint density at radius 1 is 1.11 bits per heavy atom. The molecule has 0 radical (unpaired) electrons. The minimum atomic E-state index is 0.184. The molecule has 1 amide bonds. The summed E-state index contributed by atoms with van der Waals surface area (Å²) in [4.78, 5) is 17.0. The maximum Gasteiger partial charge on any atom is 0.227 e. The van der Waals surface area contributed by atoms with Gasteiger partial charge in [0.1, 0.15) is 5.76 Å². The van der Waals surface area contributed by atoms with Gasteiger partial charge in [0.2, 0.25) is 5.91 Å². The van der Waals surface area contributed by atoms with E-state index < -0.39 is 0 Å². The van der Waals surface area contributed by atoms with Crippen molar-refractivity contribution in [1.82, 2.24) is 24.7 Å². The average molecular weight is 379 g/mol. The molecule has 7 nitrogen and oxygen atoms in total. The molecule has 0 atom stereocenters. The van der Waals surface area contributed by atoms with E-state index in [1.54, 1.807) is 6.20 Å². The Bertz CT molecular complexity index is 903. The summed E-state index contributed by atoms with van der Waals surface area (Å²) in [6.45, 7) is 8.01. The molecule has 0 saturated carbocycles. The second kappa shape index (κ2) is 7.98. The molecule has 1 saturated heterocycles. The Morgan fingerprint density at radius 3 is 2.46 bits per heavy atom. The third-order valence-corrected chi connectivity index (χ3v) is 5.35. The number of hydrogen-bond donors (Lipinski definition) is 0. The first-order valence-corrected chi connectivity index (χ1v) is 9.61. The molecule has 2 aromatic heterocycles. The zero-order valence-electron chi connectivity index (χ0n) is 16.3. The molecule has 7 heteroatoms. The zero-order chi connectivity index (χ0) is 19.5. The first-order chi connectivity index (χ1) is 13.6. The molecule has 146 valence electrons. The maximum atomic E-state index is 12.7. The number of amides is 1. The topological polar surface area (TPSA) is 67.4 Å². The van der Waals surface area contributed by atoms with Crippen molar-refractivity contribution in [2.24, 2.45) is 0 Å². The standard InChI is InChI=1S/C21H25N5O2/c1-16-20(17(2)28-23-16)15-24-10-12-25(13-11-24)21(27)14-18-4-6-19(7-5-18)26-9-3-8-22-26/h3-9H,10-15H2,1-2H3. The van der Waals surface area contributed by atoms with Crippen LogP contribution in [-0.2, 0) is 17.8 Å². The summed E-state index contributed by atoms with van der Waals surface area (Å²) >= 11 is 0. The molecule has 0 bridgehead atoms. The predicted molar refractivity (Wildman–Crippen MR) is 105 cm³/mol. The van der Waals surface area contributed by atoms with Gasteiger partial charge in [-0.1, -0.05) is 17.3 Å². The highest BCUT2D eigenvalue weighted by atomic mass is 16.5. The van der Waals surface area contributed by atoms with E-state index in [0.29, 0.717) is 6.42 Å². The lowest BCUT2D eigenvalue weighted by Gasteiger charge is -2.34. The van der Waals surface area contributed by atoms with Crippen LogP contribution in [0.3, 0.4) is 0 Å². The zero-order valence-corrected chi connectivity index (χ0v) is 16.3. The fraction of sp³-hybridized carbons (Fsp3) is 0.381. The number of aryl methyl sites for hydroxylation is 2. The summed E-state index contributed by atoms with van der Waals surface area (Å²) in [5.41, 5.74) is 4.14. The van der Waals surface area contributed by atoms with E-state index in [9.17, 15) is 4.79 Å². The number of piperazine rings is 1. The number of rotatable bonds is 5. The third-order valence-electron chi connectivity index (χ3n) is 5.35. The van der Waals surface area contributed by atoms with Crippen LogP contribution in [0.2, 0.25) is 0 Å². The van der Waals surface area contributed by atoms with Crippen molar-refractivity contribution in [2.75, 3.05) is 26.2 Å². The van der Waals surface area contributed by atoms with E-state index in [1.165, 1.54) is 0 Å². The number of nitrogens with zero attached hydrogens (tertiary/aromatic N) is 5. The van der Waals surface area contributed by atoms with Crippen LogP contribution in [0.1, 0.15) is 22.6 Å². The predicted octanol–water partition coefficient (Wildman–Crippen LogP) is 2.36. The highest BCUT2D eigenvalue weighted by Crippen LogP contribution is 2.17. The second-order valence-corrected chi connectivity index (χ2v) is 7.25. The molecule has 1 aliphatic heterocycles. The van der Waals surface area contributed by atoms with E-state index in [2.05, 4.69) is 15.2 Å². The van der Waals surface area contributed by atoms with E-state index in [0.717, 1.165) is 61.0 Å². The van der Waals surface area contributed by atoms with Crippen molar-refractivity contribution in [1.29, 1.82) is 0 Å². The Hall–Kier alpha value is -2.93. The lowest BCUT2D eigenvalue weighted by Crippen LogP contribution is -2.48. The number of hydrogen-bond acceptors (Lipinski definition) is 5. The highest BCUT2D eigenvalue weighted by molar-refractivity contribution is 5.79. The van der Waals surface area contributed by atoms with Crippen LogP contribution in [0.25, 0.3) is 5.69 Å². The molecule has 0 unspecified atom stereocenters.